The van der Waals surface area contributed by atoms with Gasteiger partial charge in [0.15, 0.2) is 0 Å². The van der Waals surface area contributed by atoms with E-state index in [1.54, 1.807) is 49.4 Å². The van der Waals surface area contributed by atoms with Gasteiger partial charge in [-0.25, -0.2) is 8.42 Å². The topological polar surface area (TPSA) is 75.3 Å². The van der Waals surface area contributed by atoms with Crippen molar-refractivity contribution in [1.82, 2.24) is 5.32 Å². The molecule has 0 heterocycles. The molecule has 0 aliphatic heterocycles. The number of amides is 1. The monoisotopic (exact) mass is 374 g/mol. The number of hydrogen-bond donors (Lipinski definition) is 2. The minimum absolute atomic E-state index is 0.0579. The number of aryl methyl sites for hydroxylation is 2. The lowest BCUT2D eigenvalue weighted by molar-refractivity contribution is 0.0930. The van der Waals surface area contributed by atoms with Crippen LogP contribution in [0, 0.1) is 19.8 Å². The first-order chi connectivity index (χ1) is 12.1. The Labute approximate surface area is 155 Å². The molecule has 0 spiro atoms. The molecule has 0 saturated heterocycles. The standard InChI is InChI=1S/C20H26N2O3S/c1-13(2)16(5)21-20(23)17-8-11-19(15(4)12-17)22-26(24,25)18-9-6-14(3)7-10-18/h6-13,16,22H,1-5H3,(H,21,23)/t16-/m0/s1. The van der Waals surface area contributed by atoms with E-state index in [1.165, 1.54) is 0 Å². The second-order valence-corrected chi connectivity index (χ2v) is 8.64. The lowest BCUT2D eigenvalue weighted by Crippen LogP contribution is -2.36. The molecule has 2 N–H and O–H groups in total. The quantitative estimate of drug-likeness (QED) is 0.806. The summed E-state index contributed by atoms with van der Waals surface area (Å²) in [5, 5.41) is 2.94. The highest BCUT2D eigenvalue weighted by atomic mass is 32.2. The van der Waals surface area contributed by atoms with Crippen molar-refractivity contribution < 1.29 is 13.2 Å². The number of benzene rings is 2. The average Bonchev–Trinajstić information content (AvgIpc) is 2.56. The number of sulfonamides is 1. The Kier molecular flexibility index (Phi) is 6.08. The molecular formula is C20H26N2O3S. The average molecular weight is 375 g/mol. The first-order valence-corrected chi connectivity index (χ1v) is 10.1. The van der Waals surface area contributed by atoms with Crippen molar-refractivity contribution in [2.45, 2.75) is 45.6 Å². The number of nitrogens with one attached hydrogen (secondary N) is 2. The van der Waals surface area contributed by atoms with Gasteiger partial charge in [-0.15, -0.1) is 0 Å². The van der Waals surface area contributed by atoms with Gasteiger partial charge in [0.2, 0.25) is 0 Å². The molecule has 6 heteroatoms. The maximum atomic E-state index is 12.5. The van der Waals surface area contributed by atoms with Crippen molar-refractivity contribution in [3.8, 4) is 0 Å². The summed E-state index contributed by atoms with van der Waals surface area (Å²) in [6.45, 7) is 9.71. The van der Waals surface area contributed by atoms with E-state index < -0.39 is 10.0 Å². The number of hydrogen-bond acceptors (Lipinski definition) is 3. The van der Waals surface area contributed by atoms with Gasteiger partial charge in [0.1, 0.15) is 0 Å². The van der Waals surface area contributed by atoms with Gasteiger partial charge in [0, 0.05) is 11.6 Å². The van der Waals surface area contributed by atoms with Crippen LogP contribution in [0.3, 0.4) is 0 Å². The van der Waals surface area contributed by atoms with Crippen LogP contribution >= 0.6 is 0 Å². The highest BCUT2D eigenvalue weighted by molar-refractivity contribution is 7.92. The number of carbonyl (C=O) groups is 1. The minimum atomic E-state index is -3.67. The van der Waals surface area contributed by atoms with Crippen LogP contribution in [0.25, 0.3) is 0 Å². The molecule has 2 aromatic carbocycles. The van der Waals surface area contributed by atoms with Gasteiger partial charge in [-0.2, -0.15) is 0 Å². The van der Waals surface area contributed by atoms with Gasteiger partial charge < -0.3 is 5.32 Å². The Balaban J connectivity index is 2.19. The second-order valence-electron chi connectivity index (χ2n) is 6.95. The lowest BCUT2D eigenvalue weighted by atomic mass is 10.0. The van der Waals surface area contributed by atoms with Gasteiger partial charge in [0.05, 0.1) is 10.6 Å². The Morgan fingerprint density at radius 1 is 0.962 bits per heavy atom. The molecule has 0 unspecified atom stereocenters. The zero-order chi connectivity index (χ0) is 19.5. The molecule has 2 aromatic rings. The molecular weight excluding hydrogens is 348 g/mol. The van der Waals surface area contributed by atoms with Crippen LogP contribution in [-0.4, -0.2) is 20.4 Å². The van der Waals surface area contributed by atoms with Crippen LogP contribution in [0.2, 0.25) is 0 Å². The molecule has 0 aromatic heterocycles. The summed E-state index contributed by atoms with van der Waals surface area (Å²) >= 11 is 0. The molecule has 0 bridgehead atoms. The molecule has 1 amide bonds. The molecule has 0 fully saturated rings. The summed E-state index contributed by atoms with van der Waals surface area (Å²) < 4.78 is 27.6. The smallest absolute Gasteiger partial charge is 0.261 e. The minimum Gasteiger partial charge on any atom is -0.349 e. The van der Waals surface area contributed by atoms with Crippen molar-refractivity contribution in [1.29, 1.82) is 0 Å². The molecule has 0 aliphatic carbocycles. The largest absolute Gasteiger partial charge is 0.349 e. The van der Waals surface area contributed by atoms with Crippen molar-refractivity contribution in [2.75, 3.05) is 4.72 Å². The summed E-state index contributed by atoms with van der Waals surface area (Å²) in [6, 6.07) is 11.6. The van der Waals surface area contributed by atoms with Crippen molar-refractivity contribution in [2.24, 2.45) is 5.92 Å². The van der Waals surface area contributed by atoms with E-state index in [0.717, 1.165) is 5.56 Å². The highest BCUT2D eigenvalue weighted by Gasteiger charge is 2.17. The van der Waals surface area contributed by atoms with Crippen LogP contribution < -0.4 is 10.0 Å². The first-order valence-electron chi connectivity index (χ1n) is 8.61. The molecule has 140 valence electrons. The zero-order valence-corrected chi connectivity index (χ0v) is 16.6. The fourth-order valence-electron chi connectivity index (χ4n) is 2.30. The summed E-state index contributed by atoms with van der Waals surface area (Å²) in [7, 11) is -3.67. The summed E-state index contributed by atoms with van der Waals surface area (Å²) in [5.74, 6) is 0.169. The van der Waals surface area contributed by atoms with E-state index in [2.05, 4.69) is 10.0 Å². The maximum Gasteiger partial charge on any atom is 0.261 e. The third-order valence-corrected chi connectivity index (χ3v) is 5.80. The second kappa shape index (κ2) is 7.91. The Morgan fingerprint density at radius 2 is 1.58 bits per heavy atom. The van der Waals surface area contributed by atoms with Gasteiger partial charge in [-0.1, -0.05) is 31.5 Å². The zero-order valence-electron chi connectivity index (χ0n) is 15.8. The van der Waals surface area contributed by atoms with Gasteiger partial charge in [0.25, 0.3) is 15.9 Å². The normalized spacial score (nSPS) is 12.7. The van der Waals surface area contributed by atoms with Gasteiger partial charge in [-0.05, 0) is 62.6 Å². The molecule has 0 radical (unpaired) electrons. The van der Waals surface area contributed by atoms with Crippen LogP contribution in [0.1, 0.15) is 42.3 Å². The van der Waals surface area contributed by atoms with Crippen molar-refractivity contribution in [3.63, 3.8) is 0 Å². The van der Waals surface area contributed by atoms with Gasteiger partial charge >= 0.3 is 0 Å². The van der Waals surface area contributed by atoms with E-state index in [4.69, 9.17) is 0 Å². The molecule has 1 atom stereocenters. The van der Waals surface area contributed by atoms with E-state index in [9.17, 15) is 13.2 Å². The van der Waals surface area contributed by atoms with E-state index in [-0.39, 0.29) is 16.8 Å². The van der Waals surface area contributed by atoms with E-state index in [0.29, 0.717) is 22.7 Å². The van der Waals surface area contributed by atoms with Crippen LogP contribution in [0.4, 0.5) is 5.69 Å². The van der Waals surface area contributed by atoms with Crippen LogP contribution in [0.15, 0.2) is 47.4 Å². The van der Waals surface area contributed by atoms with Crippen LogP contribution in [-0.2, 0) is 10.0 Å². The SMILES string of the molecule is Cc1ccc(S(=O)(=O)Nc2ccc(C(=O)N[C@@H](C)C(C)C)cc2C)cc1. The maximum absolute atomic E-state index is 12.5. The summed E-state index contributed by atoms with van der Waals surface area (Å²) in [6.07, 6.45) is 0. The van der Waals surface area contributed by atoms with Gasteiger partial charge in [-0.3, -0.25) is 9.52 Å². The summed E-state index contributed by atoms with van der Waals surface area (Å²) in [4.78, 5) is 12.5. The fraction of sp³-hybridized carbons (Fsp3) is 0.350. The number of anilines is 1. The number of carbonyl (C=O) groups excluding carboxylic acids is 1. The Hall–Kier alpha value is -2.34. The van der Waals surface area contributed by atoms with Crippen molar-refractivity contribution >= 4 is 21.6 Å². The molecule has 5 nitrogen and oxygen atoms in total. The third-order valence-electron chi connectivity index (χ3n) is 4.42. The predicted molar refractivity (Wildman–Crippen MR) is 105 cm³/mol. The third kappa shape index (κ3) is 4.85. The molecule has 2 rings (SSSR count). The van der Waals surface area contributed by atoms with Crippen molar-refractivity contribution in [3.05, 3.63) is 59.2 Å². The first kappa shape index (κ1) is 20.0. The molecule has 0 saturated carbocycles. The molecule has 26 heavy (non-hydrogen) atoms. The van der Waals surface area contributed by atoms with E-state index in [1.807, 2.05) is 27.7 Å². The number of rotatable bonds is 6. The van der Waals surface area contributed by atoms with E-state index >= 15 is 0 Å². The Bertz CT molecular complexity index is 888. The molecule has 0 aliphatic rings. The highest BCUT2D eigenvalue weighted by Crippen LogP contribution is 2.21. The lowest BCUT2D eigenvalue weighted by Gasteiger charge is -2.18. The summed E-state index contributed by atoms with van der Waals surface area (Å²) in [5.41, 5.74) is 2.64. The predicted octanol–water partition coefficient (Wildman–Crippen LogP) is 3.88. The fourth-order valence-corrected chi connectivity index (χ4v) is 3.43. The Morgan fingerprint density at radius 3 is 2.12 bits per heavy atom. The van der Waals surface area contributed by atoms with Crippen LogP contribution in [0.5, 0.6) is 0 Å².